The van der Waals surface area contributed by atoms with Crippen LogP contribution < -0.4 is 5.32 Å². The van der Waals surface area contributed by atoms with Gasteiger partial charge in [-0.05, 0) is 12.0 Å². The number of amides is 1. The molecule has 1 rings (SSSR count). The largest absolute Gasteiger partial charge is 0.393 e. The Kier molecular flexibility index (Phi) is 7.11. The van der Waals surface area contributed by atoms with Crippen molar-refractivity contribution >= 4 is 5.91 Å². The lowest BCUT2D eigenvalue weighted by molar-refractivity contribution is -0.123. The Hall–Kier alpha value is -1.35. The molecule has 1 aromatic carbocycles. The first-order valence-corrected chi connectivity index (χ1v) is 6.71. The summed E-state index contributed by atoms with van der Waals surface area (Å²) in [5, 5.41) is 12.5. The number of aliphatic hydroxyl groups is 1. The van der Waals surface area contributed by atoms with Crippen molar-refractivity contribution in [3.63, 3.8) is 0 Å². The molecule has 0 saturated carbocycles. The molecule has 3 nitrogen and oxygen atoms in total. The van der Waals surface area contributed by atoms with Crippen molar-refractivity contribution in [2.24, 2.45) is 0 Å². The molecule has 0 aliphatic heterocycles. The van der Waals surface area contributed by atoms with E-state index >= 15 is 0 Å². The van der Waals surface area contributed by atoms with Crippen molar-refractivity contribution in [1.29, 1.82) is 0 Å². The predicted octanol–water partition coefficient (Wildman–Crippen LogP) is 2.63. The number of aliphatic hydroxyl groups excluding tert-OH is 1. The van der Waals surface area contributed by atoms with Gasteiger partial charge in [-0.2, -0.15) is 0 Å². The van der Waals surface area contributed by atoms with E-state index < -0.39 is 6.10 Å². The Morgan fingerprint density at radius 1 is 1.28 bits per heavy atom. The summed E-state index contributed by atoms with van der Waals surface area (Å²) in [6, 6.07) is 9.78. The van der Waals surface area contributed by atoms with E-state index in [0.29, 0.717) is 13.0 Å². The Morgan fingerprint density at radius 2 is 2.00 bits per heavy atom. The lowest BCUT2D eigenvalue weighted by Crippen LogP contribution is -2.27. The van der Waals surface area contributed by atoms with Crippen molar-refractivity contribution in [3.05, 3.63) is 35.9 Å². The first-order valence-electron chi connectivity index (χ1n) is 6.71. The third-order valence-corrected chi connectivity index (χ3v) is 2.89. The highest BCUT2D eigenvalue weighted by molar-refractivity contribution is 5.76. The van der Waals surface area contributed by atoms with E-state index in [1.165, 1.54) is 0 Å². The minimum Gasteiger partial charge on any atom is -0.393 e. The average Bonchev–Trinajstić information content (AvgIpc) is 2.38. The highest BCUT2D eigenvalue weighted by atomic mass is 16.3. The van der Waals surface area contributed by atoms with Crippen LogP contribution in [0.2, 0.25) is 0 Å². The number of rotatable bonds is 8. The van der Waals surface area contributed by atoms with E-state index in [4.69, 9.17) is 0 Å². The zero-order valence-corrected chi connectivity index (χ0v) is 11.1. The van der Waals surface area contributed by atoms with Crippen LogP contribution in [0.1, 0.15) is 44.6 Å². The maximum absolute atomic E-state index is 11.6. The maximum atomic E-state index is 11.6. The molecular weight excluding hydrogens is 226 g/mol. The normalized spacial score (nSPS) is 12.1. The van der Waals surface area contributed by atoms with Crippen LogP contribution in [0.5, 0.6) is 0 Å². The van der Waals surface area contributed by atoms with Crippen molar-refractivity contribution in [3.8, 4) is 0 Å². The number of carbonyl (C=O) groups is 1. The Balaban J connectivity index is 2.17. The van der Waals surface area contributed by atoms with Gasteiger partial charge in [-0.15, -0.1) is 0 Å². The van der Waals surface area contributed by atoms with Gasteiger partial charge in [0, 0.05) is 6.54 Å². The molecular formula is C15H23NO2. The second kappa shape index (κ2) is 8.70. The van der Waals surface area contributed by atoms with E-state index in [2.05, 4.69) is 12.2 Å². The summed E-state index contributed by atoms with van der Waals surface area (Å²) in [5.74, 6) is -0.0807. The first-order chi connectivity index (χ1) is 8.72. The van der Waals surface area contributed by atoms with Gasteiger partial charge in [-0.3, -0.25) is 4.79 Å². The molecule has 0 saturated heterocycles. The van der Waals surface area contributed by atoms with Crippen LogP contribution in [0.15, 0.2) is 30.3 Å². The zero-order chi connectivity index (χ0) is 13.2. The summed E-state index contributed by atoms with van der Waals surface area (Å²) in [4.78, 5) is 11.6. The van der Waals surface area contributed by atoms with E-state index in [-0.39, 0.29) is 12.3 Å². The third-order valence-electron chi connectivity index (χ3n) is 2.89. The minimum absolute atomic E-state index is 0.0807. The fraction of sp³-hybridized carbons (Fsp3) is 0.533. The number of benzene rings is 1. The number of nitrogens with one attached hydrogen (secondary N) is 1. The van der Waals surface area contributed by atoms with Crippen LogP contribution in [0.25, 0.3) is 0 Å². The van der Waals surface area contributed by atoms with Gasteiger partial charge in [0.05, 0.1) is 12.5 Å². The van der Waals surface area contributed by atoms with Crippen LogP contribution in [0.3, 0.4) is 0 Å². The molecule has 2 N–H and O–H groups in total. The summed E-state index contributed by atoms with van der Waals surface area (Å²) < 4.78 is 0. The Bertz CT molecular complexity index is 338. The molecule has 0 bridgehead atoms. The molecule has 18 heavy (non-hydrogen) atoms. The number of hydrogen-bond donors (Lipinski definition) is 2. The monoisotopic (exact) mass is 249 g/mol. The van der Waals surface area contributed by atoms with Crippen molar-refractivity contribution in [2.45, 2.75) is 51.7 Å². The quantitative estimate of drug-likeness (QED) is 0.696. The van der Waals surface area contributed by atoms with E-state index in [1.54, 1.807) is 0 Å². The van der Waals surface area contributed by atoms with Gasteiger partial charge in [-0.1, -0.05) is 56.5 Å². The molecule has 3 heteroatoms. The van der Waals surface area contributed by atoms with E-state index in [0.717, 1.165) is 24.8 Å². The van der Waals surface area contributed by atoms with Gasteiger partial charge >= 0.3 is 0 Å². The lowest BCUT2D eigenvalue weighted by atomic mass is 10.1. The molecule has 0 fully saturated rings. The van der Waals surface area contributed by atoms with Crippen molar-refractivity contribution in [1.82, 2.24) is 5.32 Å². The molecule has 1 atom stereocenters. The van der Waals surface area contributed by atoms with Gasteiger partial charge in [0.15, 0.2) is 0 Å². The predicted molar refractivity (Wildman–Crippen MR) is 73.1 cm³/mol. The highest BCUT2D eigenvalue weighted by Gasteiger charge is 2.09. The summed E-state index contributed by atoms with van der Waals surface area (Å²) in [5.41, 5.74) is 1.08. The number of unbranched alkanes of at least 4 members (excludes halogenated alkanes) is 2. The molecule has 0 radical (unpaired) electrons. The molecule has 1 aromatic rings. The van der Waals surface area contributed by atoms with Crippen molar-refractivity contribution < 1.29 is 9.90 Å². The topological polar surface area (TPSA) is 49.3 Å². The minimum atomic E-state index is -0.507. The van der Waals surface area contributed by atoms with Crippen molar-refractivity contribution in [2.75, 3.05) is 0 Å². The Morgan fingerprint density at radius 3 is 2.67 bits per heavy atom. The van der Waals surface area contributed by atoms with Gasteiger partial charge in [0.1, 0.15) is 0 Å². The molecule has 1 amide bonds. The second-order valence-corrected chi connectivity index (χ2v) is 4.62. The highest BCUT2D eigenvalue weighted by Crippen LogP contribution is 2.06. The molecule has 0 heterocycles. The molecule has 1 unspecified atom stereocenters. The van der Waals surface area contributed by atoms with E-state index in [9.17, 15) is 9.90 Å². The second-order valence-electron chi connectivity index (χ2n) is 4.62. The fourth-order valence-electron chi connectivity index (χ4n) is 1.81. The zero-order valence-electron chi connectivity index (χ0n) is 11.1. The Labute approximate surface area is 109 Å². The molecule has 0 aliphatic carbocycles. The van der Waals surface area contributed by atoms with Gasteiger partial charge in [0.25, 0.3) is 0 Å². The smallest absolute Gasteiger partial charge is 0.222 e. The van der Waals surface area contributed by atoms with Gasteiger partial charge in [-0.25, -0.2) is 0 Å². The number of carbonyl (C=O) groups excluding carboxylic acids is 1. The molecule has 0 aliphatic rings. The standard InChI is InChI=1S/C15H23NO2/c1-2-3-5-10-14(17)11-15(18)16-12-13-8-6-4-7-9-13/h4,6-9,14,17H,2-3,5,10-12H2,1H3,(H,16,18). The van der Waals surface area contributed by atoms with Gasteiger partial charge in [0.2, 0.25) is 5.91 Å². The third kappa shape index (κ3) is 6.40. The van der Waals surface area contributed by atoms with Crippen LogP contribution in [-0.2, 0) is 11.3 Å². The van der Waals surface area contributed by atoms with E-state index in [1.807, 2.05) is 30.3 Å². The van der Waals surface area contributed by atoms with Crippen LogP contribution in [-0.4, -0.2) is 17.1 Å². The molecule has 100 valence electrons. The summed E-state index contributed by atoms with van der Waals surface area (Å²) >= 11 is 0. The van der Waals surface area contributed by atoms with Crippen LogP contribution in [0.4, 0.5) is 0 Å². The summed E-state index contributed by atoms with van der Waals surface area (Å²) in [7, 11) is 0. The SMILES string of the molecule is CCCCCC(O)CC(=O)NCc1ccccc1. The maximum Gasteiger partial charge on any atom is 0.222 e. The summed E-state index contributed by atoms with van der Waals surface area (Å²) in [6.45, 7) is 2.65. The fourth-order valence-corrected chi connectivity index (χ4v) is 1.81. The summed E-state index contributed by atoms with van der Waals surface area (Å²) in [6.07, 6.45) is 3.65. The van der Waals surface area contributed by atoms with Crippen LogP contribution >= 0.6 is 0 Å². The number of hydrogen-bond acceptors (Lipinski definition) is 2. The molecule has 0 spiro atoms. The lowest BCUT2D eigenvalue weighted by Gasteiger charge is -2.10. The first kappa shape index (κ1) is 14.7. The van der Waals surface area contributed by atoms with Crippen LogP contribution in [0, 0.1) is 0 Å². The average molecular weight is 249 g/mol. The molecule has 0 aromatic heterocycles. The van der Waals surface area contributed by atoms with Gasteiger partial charge < -0.3 is 10.4 Å².